The van der Waals surface area contributed by atoms with Crippen LogP contribution in [-0.2, 0) is 18.6 Å². The topological polar surface area (TPSA) is 93.1 Å². The fraction of sp³-hybridized carbons (Fsp3) is 0.625. The highest BCUT2D eigenvalue weighted by atomic mass is 31.2. The number of ether oxygens (including phenoxy) is 1. The monoisotopic (exact) mass is 238 g/mol. The molecule has 15 heavy (non-hydrogen) atoms. The van der Waals surface area contributed by atoms with E-state index in [4.69, 9.17) is 14.5 Å². The summed E-state index contributed by atoms with van der Waals surface area (Å²) in [6.07, 6.45) is -1.66. The highest BCUT2D eigenvalue weighted by Gasteiger charge is 2.25. The third-order valence-corrected chi connectivity index (χ3v) is 2.21. The van der Waals surface area contributed by atoms with Crippen LogP contribution in [-0.4, -0.2) is 28.0 Å². The fourth-order valence-corrected chi connectivity index (χ4v) is 1.27. The van der Waals surface area contributed by atoms with Crippen molar-refractivity contribution in [3.05, 3.63) is 12.2 Å². The summed E-state index contributed by atoms with van der Waals surface area (Å²) in [5.74, 6) is -0.622. The van der Waals surface area contributed by atoms with Gasteiger partial charge >= 0.3 is 13.8 Å². The first-order valence-electron chi connectivity index (χ1n) is 4.24. The van der Waals surface area contributed by atoms with Gasteiger partial charge in [0.2, 0.25) is 0 Å². The van der Waals surface area contributed by atoms with Crippen LogP contribution in [0.2, 0.25) is 0 Å². The van der Waals surface area contributed by atoms with Gasteiger partial charge in [-0.2, -0.15) is 0 Å². The quantitative estimate of drug-likeness (QED) is 0.421. The highest BCUT2D eigenvalue weighted by molar-refractivity contribution is 7.46. The Morgan fingerprint density at radius 2 is 1.80 bits per heavy atom. The molecule has 0 aromatic heterocycles. The molecule has 0 aliphatic rings. The normalized spacial score (nSPS) is 15.5. The molecule has 2 atom stereocenters. The van der Waals surface area contributed by atoms with Crippen molar-refractivity contribution in [3.8, 4) is 0 Å². The molecule has 7 heteroatoms. The second kappa shape index (κ2) is 5.42. The van der Waals surface area contributed by atoms with E-state index in [0.29, 0.717) is 0 Å². The third-order valence-electron chi connectivity index (χ3n) is 1.61. The molecule has 0 saturated heterocycles. The lowest BCUT2D eigenvalue weighted by atomic mass is 10.2. The van der Waals surface area contributed by atoms with Crippen LogP contribution in [0.4, 0.5) is 0 Å². The maximum Gasteiger partial charge on any atom is 0.469 e. The molecule has 88 valence electrons. The fourth-order valence-electron chi connectivity index (χ4n) is 0.668. The van der Waals surface area contributed by atoms with Crippen molar-refractivity contribution < 1.29 is 28.4 Å². The van der Waals surface area contributed by atoms with Crippen LogP contribution in [0.1, 0.15) is 20.8 Å². The summed E-state index contributed by atoms with van der Waals surface area (Å²) in [5.41, 5.74) is 0.213. The molecule has 0 spiro atoms. The number of carbonyl (C=O) groups is 1. The van der Waals surface area contributed by atoms with Crippen LogP contribution in [0.25, 0.3) is 0 Å². The zero-order chi connectivity index (χ0) is 12.2. The van der Waals surface area contributed by atoms with Gasteiger partial charge < -0.3 is 14.5 Å². The Balaban J connectivity index is 4.22. The average molecular weight is 238 g/mol. The molecule has 0 heterocycles. The van der Waals surface area contributed by atoms with E-state index in [-0.39, 0.29) is 5.57 Å². The molecule has 6 nitrogen and oxygen atoms in total. The zero-order valence-electron chi connectivity index (χ0n) is 8.84. The van der Waals surface area contributed by atoms with Gasteiger partial charge in [0.05, 0.1) is 0 Å². The molecule has 0 saturated carbocycles. The zero-order valence-corrected chi connectivity index (χ0v) is 9.73. The van der Waals surface area contributed by atoms with E-state index in [9.17, 15) is 9.36 Å². The summed E-state index contributed by atoms with van der Waals surface area (Å²) in [6.45, 7) is 7.72. The second-order valence-electron chi connectivity index (χ2n) is 3.19. The van der Waals surface area contributed by atoms with Crippen molar-refractivity contribution in [1.29, 1.82) is 0 Å². The van der Waals surface area contributed by atoms with Crippen LogP contribution in [0.15, 0.2) is 12.2 Å². The number of phosphoric acid groups is 1. The van der Waals surface area contributed by atoms with E-state index in [1.54, 1.807) is 0 Å². The molecule has 2 N–H and O–H groups in total. The summed E-state index contributed by atoms with van der Waals surface area (Å²) in [6, 6.07) is 0. The molecule has 2 unspecified atom stereocenters. The minimum atomic E-state index is -4.56. The lowest BCUT2D eigenvalue weighted by molar-refractivity contribution is -0.147. The van der Waals surface area contributed by atoms with E-state index in [2.05, 4.69) is 11.1 Å². The molecular weight excluding hydrogens is 223 g/mol. The van der Waals surface area contributed by atoms with Crippen molar-refractivity contribution in [1.82, 2.24) is 0 Å². The number of carbonyl (C=O) groups excluding carboxylic acids is 1. The van der Waals surface area contributed by atoms with E-state index >= 15 is 0 Å². The number of rotatable bonds is 5. The summed E-state index contributed by atoms with van der Waals surface area (Å²) >= 11 is 0. The number of hydrogen-bond donors (Lipinski definition) is 2. The van der Waals surface area contributed by atoms with Gasteiger partial charge in [0.15, 0.2) is 0 Å². The van der Waals surface area contributed by atoms with Crippen LogP contribution in [0.5, 0.6) is 0 Å². The molecule has 0 aliphatic heterocycles. The smallest absolute Gasteiger partial charge is 0.457 e. The van der Waals surface area contributed by atoms with E-state index in [1.165, 1.54) is 20.8 Å². The Bertz CT molecular complexity index is 294. The van der Waals surface area contributed by atoms with Crippen molar-refractivity contribution in [2.75, 3.05) is 0 Å². The molecule has 0 aliphatic carbocycles. The Morgan fingerprint density at radius 1 is 1.33 bits per heavy atom. The molecule has 0 radical (unpaired) electrons. The summed E-state index contributed by atoms with van der Waals surface area (Å²) in [5, 5.41) is 0. The Morgan fingerprint density at radius 3 is 2.13 bits per heavy atom. The third kappa shape index (κ3) is 6.41. The first-order valence-corrected chi connectivity index (χ1v) is 5.77. The SMILES string of the molecule is C=C(C)C(=O)OC(C)C(C)OP(=O)(O)O. The van der Waals surface area contributed by atoms with Crippen LogP contribution in [0, 0.1) is 0 Å². The first kappa shape index (κ1) is 14.3. The Hall–Kier alpha value is -0.680. The molecule has 0 rings (SSSR count). The van der Waals surface area contributed by atoms with Gasteiger partial charge in [-0.25, -0.2) is 9.36 Å². The first-order chi connectivity index (χ1) is 6.63. The largest absolute Gasteiger partial charge is 0.469 e. The van der Waals surface area contributed by atoms with Crippen LogP contribution < -0.4 is 0 Å². The van der Waals surface area contributed by atoms with Gasteiger partial charge in [-0.15, -0.1) is 0 Å². The predicted molar refractivity (Wildman–Crippen MR) is 53.0 cm³/mol. The molecular formula is C8H15O6P. The Kier molecular flexibility index (Phi) is 5.17. The lowest BCUT2D eigenvalue weighted by Gasteiger charge is -2.20. The summed E-state index contributed by atoms with van der Waals surface area (Å²) < 4.78 is 19.6. The van der Waals surface area contributed by atoms with Gasteiger partial charge in [0, 0.05) is 5.57 Å². The molecule has 0 amide bonds. The summed E-state index contributed by atoms with van der Waals surface area (Å²) in [4.78, 5) is 28.1. The number of esters is 1. The van der Waals surface area contributed by atoms with Gasteiger partial charge in [0.1, 0.15) is 12.2 Å². The Labute approximate surface area is 88.1 Å². The minimum Gasteiger partial charge on any atom is -0.457 e. The molecule has 0 bridgehead atoms. The van der Waals surface area contributed by atoms with Crippen molar-refractivity contribution >= 4 is 13.8 Å². The van der Waals surface area contributed by atoms with Gasteiger partial charge in [-0.3, -0.25) is 4.52 Å². The highest BCUT2D eigenvalue weighted by Crippen LogP contribution is 2.38. The van der Waals surface area contributed by atoms with Crippen LogP contribution >= 0.6 is 7.82 Å². The van der Waals surface area contributed by atoms with E-state index in [1.807, 2.05) is 0 Å². The lowest BCUT2D eigenvalue weighted by Crippen LogP contribution is -2.28. The average Bonchev–Trinajstić information content (AvgIpc) is 2.00. The number of hydrogen-bond acceptors (Lipinski definition) is 4. The maximum atomic E-state index is 11.1. The van der Waals surface area contributed by atoms with E-state index in [0.717, 1.165) is 0 Å². The molecule has 0 aromatic carbocycles. The van der Waals surface area contributed by atoms with Gasteiger partial charge in [0.25, 0.3) is 0 Å². The van der Waals surface area contributed by atoms with Gasteiger partial charge in [-0.05, 0) is 20.8 Å². The van der Waals surface area contributed by atoms with Crippen molar-refractivity contribution in [3.63, 3.8) is 0 Å². The van der Waals surface area contributed by atoms with E-state index < -0.39 is 26.0 Å². The second-order valence-corrected chi connectivity index (χ2v) is 4.38. The van der Waals surface area contributed by atoms with Crippen LogP contribution in [0.3, 0.4) is 0 Å². The standard InChI is InChI=1S/C8H15O6P/c1-5(2)8(9)13-6(3)7(4)14-15(10,11)12/h6-7H,1H2,2-4H3,(H2,10,11,12). The number of phosphoric ester groups is 1. The minimum absolute atomic E-state index is 0.213. The maximum absolute atomic E-state index is 11.1. The molecule has 0 aromatic rings. The summed E-state index contributed by atoms with van der Waals surface area (Å²) in [7, 11) is -4.56. The van der Waals surface area contributed by atoms with Crippen molar-refractivity contribution in [2.24, 2.45) is 0 Å². The molecule has 0 fully saturated rings. The van der Waals surface area contributed by atoms with Crippen molar-refractivity contribution in [2.45, 2.75) is 33.0 Å². The predicted octanol–water partition coefficient (Wildman–Crippen LogP) is 0.992. The van der Waals surface area contributed by atoms with Gasteiger partial charge in [-0.1, -0.05) is 6.58 Å².